The summed E-state index contributed by atoms with van der Waals surface area (Å²) in [4.78, 5) is 11.6. The summed E-state index contributed by atoms with van der Waals surface area (Å²) in [6.45, 7) is 6.62. The van der Waals surface area contributed by atoms with Crippen LogP contribution in [0.25, 0.3) is 0 Å². The van der Waals surface area contributed by atoms with Gasteiger partial charge in [-0.3, -0.25) is 0 Å². The quantitative estimate of drug-likeness (QED) is 0.907. The van der Waals surface area contributed by atoms with Crippen LogP contribution in [0.5, 0.6) is 0 Å². The summed E-state index contributed by atoms with van der Waals surface area (Å²) in [5, 5.41) is 3.61. The summed E-state index contributed by atoms with van der Waals surface area (Å²) in [6, 6.07) is 0.442. The number of hydrogen-bond acceptors (Lipinski definition) is 5. The largest absolute Gasteiger partial charge is 0.378 e. The fourth-order valence-electron chi connectivity index (χ4n) is 2.98. The first-order chi connectivity index (χ1) is 9.88. The average Bonchev–Trinajstić information content (AvgIpc) is 2.53. The number of nitrogens with zero attached hydrogens (tertiary/aromatic N) is 3. The molecule has 1 unspecified atom stereocenters. The second-order valence-corrected chi connectivity index (χ2v) is 5.57. The fraction of sp³-hybridized carbons (Fsp3) is 0.733. The Morgan fingerprint density at radius 3 is 3.05 bits per heavy atom. The molecule has 2 heterocycles. The minimum atomic E-state index is 0.442. The van der Waals surface area contributed by atoms with Crippen molar-refractivity contribution in [1.29, 1.82) is 0 Å². The molecule has 1 saturated heterocycles. The first kappa shape index (κ1) is 13.8. The molecular formula is C15H24N4O. The van der Waals surface area contributed by atoms with E-state index in [0.717, 1.165) is 45.2 Å². The van der Waals surface area contributed by atoms with Crippen molar-refractivity contribution in [2.24, 2.45) is 0 Å². The number of morpholine rings is 1. The third-order valence-corrected chi connectivity index (χ3v) is 4.10. The summed E-state index contributed by atoms with van der Waals surface area (Å²) >= 11 is 0. The van der Waals surface area contributed by atoms with Crippen molar-refractivity contribution < 1.29 is 4.74 Å². The SMILES string of the molecule is CCCNC1CCCc2nc(N3CCOCC3)ncc21. The Morgan fingerprint density at radius 1 is 1.40 bits per heavy atom. The van der Waals surface area contributed by atoms with Crippen molar-refractivity contribution in [2.75, 3.05) is 37.7 Å². The molecule has 1 fully saturated rings. The lowest BCUT2D eigenvalue weighted by Crippen LogP contribution is -2.38. The molecule has 5 heteroatoms. The van der Waals surface area contributed by atoms with E-state index in [9.17, 15) is 0 Å². The molecular weight excluding hydrogens is 252 g/mol. The van der Waals surface area contributed by atoms with Crippen LogP contribution in [0.4, 0.5) is 5.95 Å². The minimum absolute atomic E-state index is 0.442. The minimum Gasteiger partial charge on any atom is -0.378 e. The van der Waals surface area contributed by atoms with Gasteiger partial charge in [-0.15, -0.1) is 0 Å². The molecule has 0 spiro atoms. The Morgan fingerprint density at radius 2 is 2.25 bits per heavy atom. The van der Waals surface area contributed by atoms with Crippen LogP contribution in [-0.4, -0.2) is 42.8 Å². The predicted molar refractivity (Wildman–Crippen MR) is 79.0 cm³/mol. The highest BCUT2D eigenvalue weighted by atomic mass is 16.5. The maximum absolute atomic E-state index is 5.39. The Bertz CT molecular complexity index is 445. The van der Waals surface area contributed by atoms with Gasteiger partial charge in [0.15, 0.2) is 0 Å². The zero-order valence-corrected chi connectivity index (χ0v) is 12.3. The van der Waals surface area contributed by atoms with Gasteiger partial charge in [0.2, 0.25) is 5.95 Å². The van der Waals surface area contributed by atoms with Gasteiger partial charge in [0.05, 0.1) is 18.9 Å². The van der Waals surface area contributed by atoms with Crippen LogP contribution in [0.1, 0.15) is 43.5 Å². The van der Waals surface area contributed by atoms with E-state index < -0.39 is 0 Å². The molecule has 2 aliphatic rings. The van der Waals surface area contributed by atoms with Crippen LogP contribution >= 0.6 is 0 Å². The van der Waals surface area contributed by atoms with E-state index >= 15 is 0 Å². The standard InChI is InChI=1S/C15H24N4O/c1-2-6-16-13-4-3-5-14-12(13)11-17-15(18-14)19-7-9-20-10-8-19/h11,13,16H,2-10H2,1H3. The first-order valence-corrected chi connectivity index (χ1v) is 7.80. The third kappa shape index (κ3) is 2.94. The molecule has 1 aromatic rings. The zero-order chi connectivity index (χ0) is 13.8. The van der Waals surface area contributed by atoms with Gasteiger partial charge in [0.1, 0.15) is 0 Å². The number of rotatable bonds is 4. The molecule has 1 atom stereocenters. The van der Waals surface area contributed by atoms with Crippen molar-refractivity contribution in [3.63, 3.8) is 0 Å². The van der Waals surface area contributed by atoms with Gasteiger partial charge in [0, 0.05) is 30.9 Å². The van der Waals surface area contributed by atoms with Gasteiger partial charge >= 0.3 is 0 Å². The van der Waals surface area contributed by atoms with Crippen molar-refractivity contribution in [1.82, 2.24) is 15.3 Å². The van der Waals surface area contributed by atoms with E-state index in [-0.39, 0.29) is 0 Å². The second kappa shape index (κ2) is 6.50. The molecule has 0 amide bonds. The van der Waals surface area contributed by atoms with E-state index in [1.54, 1.807) is 0 Å². The van der Waals surface area contributed by atoms with Crippen LogP contribution in [0.2, 0.25) is 0 Å². The Labute approximate surface area is 120 Å². The monoisotopic (exact) mass is 276 g/mol. The highest BCUT2D eigenvalue weighted by molar-refractivity contribution is 5.35. The molecule has 0 aromatic carbocycles. The summed E-state index contributed by atoms with van der Waals surface area (Å²) < 4.78 is 5.39. The lowest BCUT2D eigenvalue weighted by atomic mass is 9.92. The molecule has 0 saturated carbocycles. The molecule has 0 bridgehead atoms. The van der Waals surface area contributed by atoms with Crippen molar-refractivity contribution in [2.45, 2.75) is 38.6 Å². The number of anilines is 1. The predicted octanol–water partition coefficient (Wildman–Crippen LogP) is 1.69. The molecule has 110 valence electrons. The van der Waals surface area contributed by atoms with Crippen LogP contribution in [-0.2, 0) is 11.2 Å². The summed E-state index contributed by atoms with van der Waals surface area (Å²) in [5.74, 6) is 0.878. The third-order valence-electron chi connectivity index (χ3n) is 4.10. The first-order valence-electron chi connectivity index (χ1n) is 7.80. The number of fused-ring (bicyclic) bond motifs is 1. The van der Waals surface area contributed by atoms with Gasteiger partial charge in [-0.2, -0.15) is 0 Å². The normalized spacial score (nSPS) is 22.6. The second-order valence-electron chi connectivity index (χ2n) is 5.57. The van der Waals surface area contributed by atoms with Gasteiger partial charge in [-0.1, -0.05) is 6.92 Å². The maximum atomic E-state index is 5.39. The fourth-order valence-corrected chi connectivity index (χ4v) is 2.98. The highest BCUT2D eigenvalue weighted by Crippen LogP contribution is 2.29. The summed E-state index contributed by atoms with van der Waals surface area (Å²) in [5.41, 5.74) is 2.54. The summed E-state index contributed by atoms with van der Waals surface area (Å²) in [6.07, 6.45) is 6.71. The molecule has 20 heavy (non-hydrogen) atoms. The molecule has 0 radical (unpaired) electrons. The Balaban J connectivity index is 1.77. The number of ether oxygens (including phenoxy) is 1. The highest BCUT2D eigenvalue weighted by Gasteiger charge is 2.23. The summed E-state index contributed by atoms with van der Waals surface area (Å²) in [7, 11) is 0. The number of nitrogens with one attached hydrogen (secondary N) is 1. The average molecular weight is 276 g/mol. The van der Waals surface area contributed by atoms with Gasteiger partial charge in [0.25, 0.3) is 0 Å². The van der Waals surface area contributed by atoms with Crippen LogP contribution < -0.4 is 10.2 Å². The number of hydrogen-bond donors (Lipinski definition) is 1. The number of aromatic nitrogens is 2. The van der Waals surface area contributed by atoms with E-state index in [1.165, 1.54) is 30.5 Å². The van der Waals surface area contributed by atoms with E-state index in [2.05, 4.69) is 22.1 Å². The molecule has 1 N–H and O–H groups in total. The van der Waals surface area contributed by atoms with Crippen molar-refractivity contribution in [3.8, 4) is 0 Å². The van der Waals surface area contributed by atoms with Crippen LogP contribution in [0.15, 0.2) is 6.20 Å². The smallest absolute Gasteiger partial charge is 0.225 e. The number of aryl methyl sites for hydroxylation is 1. The van der Waals surface area contributed by atoms with Crippen LogP contribution in [0, 0.1) is 0 Å². The van der Waals surface area contributed by atoms with Crippen molar-refractivity contribution in [3.05, 3.63) is 17.5 Å². The molecule has 5 nitrogen and oxygen atoms in total. The van der Waals surface area contributed by atoms with E-state index in [4.69, 9.17) is 9.72 Å². The molecule has 1 aliphatic heterocycles. The molecule has 1 aliphatic carbocycles. The van der Waals surface area contributed by atoms with Gasteiger partial charge in [-0.05, 0) is 32.2 Å². The Hall–Kier alpha value is -1.20. The molecule has 1 aromatic heterocycles. The van der Waals surface area contributed by atoms with Gasteiger partial charge < -0.3 is 15.0 Å². The zero-order valence-electron chi connectivity index (χ0n) is 12.3. The lowest BCUT2D eigenvalue weighted by Gasteiger charge is -2.29. The molecule has 3 rings (SSSR count). The van der Waals surface area contributed by atoms with Crippen LogP contribution in [0.3, 0.4) is 0 Å². The lowest BCUT2D eigenvalue weighted by molar-refractivity contribution is 0.122. The van der Waals surface area contributed by atoms with E-state index in [1.807, 2.05) is 6.20 Å². The van der Waals surface area contributed by atoms with E-state index in [0.29, 0.717) is 6.04 Å². The maximum Gasteiger partial charge on any atom is 0.225 e. The van der Waals surface area contributed by atoms with Crippen molar-refractivity contribution >= 4 is 5.95 Å². The topological polar surface area (TPSA) is 50.3 Å². The Kier molecular flexibility index (Phi) is 4.47. The van der Waals surface area contributed by atoms with Gasteiger partial charge in [-0.25, -0.2) is 9.97 Å².